The van der Waals surface area contributed by atoms with E-state index in [1.54, 1.807) is 31.1 Å². The van der Waals surface area contributed by atoms with Gasteiger partial charge in [0.15, 0.2) is 0 Å². The molecule has 0 aromatic carbocycles. The van der Waals surface area contributed by atoms with Gasteiger partial charge < -0.3 is 10.1 Å². The minimum absolute atomic E-state index is 0.210. The smallest absolute Gasteiger partial charge is 0.270 e. The predicted octanol–water partition coefficient (Wildman–Crippen LogP) is 0.976. The van der Waals surface area contributed by atoms with Crippen LogP contribution in [0.4, 0.5) is 0 Å². The standard InChI is InChI=1S/C11H12N4O2S/c1-17-5-4-14-10(16)9-7-18-11(15-9)8-6-12-2-3-13-8/h2-3,6-7H,4-5H2,1H3,(H,14,16). The van der Waals surface area contributed by atoms with Gasteiger partial charge in [-0.3, -0.25) is 14.8 Å². The van der Waals surface area contributed by atoms with Gasteiger partial charge in [0.25, 0.3) is 5.91 Å². The number of methoxy groups -OCH3 is 1. The van der Waals surface area contributed by atoms with E-state index in [-0.39, 0.29) is 5.91 Å². The lowest BCUT2D eigenvalue weighted by Crippen LogP contribution is -2.27. The topological polar surface area (TPSA) is 77.0 Å². The monoisotopic (exact) mass is 264 g/mol. The Morgan fingerprint density at radius 2 is 2.39 bits per heavy atom. The van der Waals surface area contributed by atoms with Crippen LogP contribution in [-0.2, 0) is 4.74 Å². The minimum Gasteiger partial charge on any atom is -0.383 e. The molecule has 2 rings (SSSR count). The fourth-order valence-corrected chi connectivity index (χ4v) is 2.02. The molecule has 6 nitrogen and oxygen atoms in total. The van der Waals surface area contributed by atoms with Gasteiger partial charge in [0.2, 0.25) is 0 Å². The van der Waals surface area contributed by atoms with Gasteiger partial charge in [-0.05, 0) is 0 Å². The van der Waals surface area contributed by atoms with Crippen molar-refractivity contribution in [3.63, 3.8) is 0 Å². The zero-order valence-electron chi connectivity index (χ0n) is 9.79. The molecule has 0 fully saturated rings. The average molecular weight is 264 g/mol. The van der Waals surface area contributed by atoms with Gasteiger partial charge >= 0.3 is 0 Å². The summed E-state index contributed by atoms with van der Waals surface area (Å²) in [5.74, 6) is -0.210. The molecule has 0 aliphatic heterocycles. The Bertz CT molecular complexity index is 515. The normalized spacial score (nSPS) is 10.3. The molecule has 2 aromatic rings. The van der Waals surface area contributed by atoms with Crippen molar-refractivity contribution in [3.8, 4) is 10.7 Å². The molecule has 2 heterocycles. The molecule has 1 N–H and O–H groups in total. The lowest BCUT2D eigenvalue weighted by atomic mass is 10.4. The Morgan fingerprint density at radius 3 is 3.11 bits per heavy atom. The third kappa shape index (κ3) is 3.08. The third-order valence-corrected chi connectivity index (χ3v) is 2.98. The number of nitrogens with one attached hydrogen (secondary N) is 1. The molecule has 0 aliphatic rings. The molecule has 7 heteroatoms. The highest BCUT2D eigenvalue weighted by atomic mass is 32.1. The molecule has 0 atom stereocenters. The van der Waals surface area contributed by atoms with Crippen LogP contribution in [-0.4, -0.2) is 41.1 Å². The largest absolute Gasteiger partial charge is 0.383 e. The van der Waals surface area contributed by atoms with Crippen molar-refractivity contribution >= 4 is 17.2 Å². The summed E-state index contributed by atoms with van der Waals surface area (Å²) in [5.41, 5.74) is 1.05. The Morgan fingerprint density at radius 1 is 1.50 bits per heavy atom. The summed E-state index contributed by atoms with van der Waals surface area (Å²) in [6.45, 7) is 0.945. The van der Waals surface area contributed by atoms with Crippen LogP contribution >= 0.6 is 11.3 Å². The molecule has 0 saturated heterocycles. The van der Waals surface area contributed by atoms with E-state index in [1.807, 2.05) is 0 Å². The second-order valence-corrected chi connectivity index (χ2v) is 4.24. The first kappa shape index (κ1) is 12.6. The SMILES string of the molecule is COCCNC(=O)c1csc(-c2cnccn2)n1. The zero-order chi connectivity index (χ0) is 12.8. The van der Waals surface area contributed by atoms with Gasteiger partial charge in [-0.1, -0.05) is 0 Å². The number of aromatic nitrogens is 3. The van der Waals surface area contributed by atoms with Crippen LogP contribution in [0.3, 0.4) is 0 Å². The van der Waals surface area contributed by atoms with Crippen molar-refractivity contribution in [2.45, 2.75) is 0 Å². The average Bonchev–Trinajstić information content (AvgIpc) is 2.89. The van der Waals surface area contributed by atoms with E-state index in [9.17, 15) is 4.79 Å². The summed E-state index contributed by atoms with van der Waals surface area (Å²) < 4.78 is 4.85. The van der Waals surface area contributed by atoms with Crippen LogP contribution in [0, 0.1) is 0 Å². The van der Waals surface area contributed by atoms with Crippen molar-refractivity contribution < 1.29 is 9.53 Å². The van der Waals surface area contributed by atoms with Crippen molar-refractivity contribution in [1.29, 1.82) is 0 Å². The molecule has 0 saturated carbocycles. The lowest BCUT2D eigenvalue weighted by Gasteiger charge is -2.00. The Hall–Kier alpha value is -1.86. The van der Waals surface area contributed by atoms with Crippen molar-refractivity contribution in [2.24, 2.45) is 0 Å². The van der Waals surface area contributed by atoms with Crippen LogP contribution < -0.4 is 5.32 Å². The van der Waals surface area contributed by atoms with Crippen molar-refractivity contribution in [1.82, 2.24) is 20.3 Å². The van der Waals surface area contributed by atoms with Crippen LogP contribution in [0.5, 0.6) is 0 Å². The molecular weight excluding hydrogens is 252 g/mol. The summed E-state index contributed by atoms with van der Waals surface area (Å²) in [6.07, 6.45) is 4.80. The van der Waals surface area contributed by atoms with Gasteiger partial charge in [-0.15, -0.1) is 11.3 Å². The number of carbonyl (C=O) groups excluding carboxylic acids is 1. The van der Waals surface area contributed by atoms with E-state index in [2.05, 4.69) is 20.3 Å². The number of hydrogen-bond donors (Lipinski definition) is 1. The molecule has 0 aliphatic carbocycles. The van der Waals surface area contributed by atoms with Crippen LogP contribution in [0.15, 0.2) is 24.0 Å². The Balaban J connectivity index is 2.04. The first-order chi connectivity index (χ1) is 8.81. The van der Waals surface area contributed by atoms with Crippen LogP contribution in [0.1, 0.15) is 10.5 Å². The summed E-state index contributed by atoms with van der Waals surface area (Å²) >= 11 is 1.36. The lowest BCUT2D eigenvalue weighted by molar-refractivity contribution is 0.0933. The second-order valence-electron chi connectivity index (χ2n) is 3.38. The number of hydrogen-bond acceptors (Lipinski definition) is 6. The highest BCUT2D eigenvalue weighted by Crippen LogP contribution is 2.20. The zero-order valence-corrected chi connectivity index (χ0v) is 10.6. The maximum Gasteiger partial charge on any atom is 0.270 e. The molecular formula is C11H12N4O2S. The molecule has 0 radical (unpaired) electrons. The summed E-state index contributed by atoms with van der Waals surface area (Å²) in [5, 5.41) is 5.09. The van der Waals surface area contributed by atoms with E-state index in [0.29, 0.717) is 29.5 Å². The molecule has 2 aromatic heterocycles. The minimum atomic E-state index is -0.210. The van der Waals surface area contributed by atoms with E-state index in [0.717, 1.165) is 0 Å². The predicted molar refractivity (Wildman–Crippen MR) is 67.3 cm³/mol. The number of carbonyl (C=O) groups is 1. The first-order valence-electron chi connectivity index (χ1n) is 5.30. The van der Waals surface area contributed by atoms with Gasteiger partial charge in [-0.2, -0.15) is 0 Å². The first-order valence-corrected chi connectivity index (χ1v) is 6.18. The Labute approximate surface area is 108 Å². The highest BCUT2D eigenvalue weighted by molar-refractivity contribution is 7.13. The molecule has 0 spiro atoms. The number of amides is 1. The summed E-state index contributed by atoms with van der Waals surface area (Å²) in [7, 11) is 1.58. The molecule has 94 valence electrons. The Kier molecular flexibility index (Phi) is 4.32. The van der Waals surface area contributed by atoms with E-state index < -0.39 is 0 Å². The molecule has 0 unspecified atom stereocenters. The van der Waals surface area contributed by atoms with Gasteiger partial charge in [0, 0.05) is 31.4 Å². The number of rotatable bonds is 5. The summed E-state index contributed by atoms with van der Waals surface area (Å²) in [6, 6.07) is 0. The van der Waals surface area contributed by atoms with Gasteiger partial charge in [0.1, 0.15) is 16.4 Å². The fraction of sp³-hybridized carbons (Fsp3) is 0.273. The molecule has 0 bridgehead atoms. The van der Waals surface area contributed by atoms with E-state index in [4.69, 9.17) is 4.74 Å². The summed E-state index contributed by atoms with van der Waals surface area (Å²) in [4.78, 5) is 24.0. The second kappa shape index (κ2) is 6.18. The van der Waals surface area contributed by atoms with Gasteiger partial charge in [0.05, 0.1) is 12.8 Å². The quantitative estimate of drug-likeness (QED) is 0.814. The van der Waals surface area contributed by atoms with Crippen LogP contribution in [0.25, 0.3) is 10.7 Å². The highest BCUT2D eigenvalue weighted by Gasteiger charge is 2.11. The maximum absolute atomic E-state index is 11.7. The van der Waals surface area contributed by atoms with Gasteiger partial charge in [-0.25, -0.2) is 4.98 Å². The van der Waals surface area contributed by atoms with Crippen molar-refractivity contribution in [2.75, 3.05) is 20.3 Å². The maximum atomic E-state index is 11.7. The number of nitrogens with zero attached hydrogens (tertiary/aromatic N) is 3. The van der Waals surface area contributed by atoms with E-state index in [1.165, 1.54) is 11.3 Å². The molecule has 18 heavy (non-hydrogen) atoms. The van der Waals surface area contributed by atoms with Crippen LogP contribution in [0.2, 0.25) is 0 Å². The fourth-order valence-electron chi connectivity index (χ4n) is 1.26. The van der Waals surface area contributed by atoms with Crippen molar-refractivity contribution in [3.05, 3.63) is 29.7 Å². The number of thiazole rings is 1. The number of ether oxygens (including phenoxy) is 1. The van der Waals surface area contributed by atoms with E-state index >= 15 is 0 Å². The molecule has 1 amide bonds. The third-order valence-electron chi connectivity index (χ3n) is 2.11.